The molecule has 0 aliphatic heterocycles. The van der Waals surface area contributed by atoms with E-state index in [1.54, 1.807) is 0 Å². The Morgan fingerprint density at radius 2 is 0.889 bits per heavy atom. The van der Waals surface area contributed by atoms with Crippen molar-refractivity contribution in [2.75, 3.05) is 0 Å². The molecule has 0 aliphatic carbocycles. The Bertz CT molecular complexity index is 133. The summed E-state index contributed by atoms with van der Waals surface area (Å²) in [5.74, 6) is 0. The molecule has 0 heterocycles. The van der Waals surface area contributed by atoms with Gasteiger partial charge in [-0.1, -0.05) is 0 Å². The number of hydrogen-bond donors (Lipinski definition) is 0. The molecule has 0 rings (SSSR count). The molecule has 0 atom stereocenters. The van der Waals surface area contributed by atoms with Crippen molar-refractivity contribution in [3.8, 4) is 0 Å². The summed E-state index contributed by atoms with van der Waals surface area (Å²) in [5, 5.41) is 0. The van der Waals surface area contributed by atoms with Gasteiger partial charge in [-0.3, -0.25) is 0 Å². The van der Waals surface area contributed by atoms with Gasteiger partial charge < -0.3 is 0 Å². The van der Waals surface area contributed by atoms with Gasteiger partial charge in [0.05, 0.1) is 0 Å². The molecule has 0 unspecified atom stereocenters. The van der Waals surface area contributed by atoms with Gasteiger partial charge in [-0.2, -0.15) is 0 Å². The van der Waals surface area contributed by atoms with Gasteiger partial charge in [0.2, 0.25) is 0 Å². The van der Waals surface area contributed by atoms with Gasteiger partial charge >= 0.3 is 106 Å². The van der Waals surface area contributed by atoms with Crippen LogP contribution >= 0.6 is 0 Å². The molecule has 6 nitrogen and oxygen atoms in total. The van der Waals surface area contributed by atoms with Gasteiger partial charge in [0, 0.05) is 0 Å². The van der Waals surface area contributed by atoms with Crippen LogP contribution in [0.15, 0.2) is 0 Å². The molecule has 0 amide bonds. The summed E-state index contributed by atoms with van der Waals surface area (Å²) in [4.78, 5) is 0. The number of hydrogen-bond acceptors (Lipinski definition) is 6. The van der Waals surface area contributed by atoms with E-state index < -0.39 is 30.8 Å². The Labute approximate surface area is 104 Å². The van der Waals surface area contributed by atoms with Crippen LogP contribution in [0.4, 0.5) is 0 Å². The fraction of sp³-hybridized carbons (Fsp3) is 0. The Morgan fingerprint density at radius 1 is 0.889 bits per heavy atom. The molecular formula is HKO6V2. The van der Waals surface area contributed by atoms with E-state index >= 15 is 0 Å². The summed E-state index contributed by atoms with van der Waals surface area (Å²) in [6.07, 6.45) is 0. The summed E-state index contributed by atoms with van der Waals surface area (Å²) in [6, 6.07) is 0. The topological polar surface area (TPSA) is 114 Å². The molecule has 0 spiro atoms. The second kappa shape index (κ2) is 12.6. The van der Waals surface area contributed by atoms with Crippen molar-refractivity contribution >= 4 is 0 Å². The Balaban J connectivity index is -0.0000000300. The zero-order chi connectivity index (χ0) is 7.15. The van der Waals surface area contributed by atoms with Crippen molar-refractivity contribution in [3.05, 3.63) is 0 Å². The van der Waals surface area contributed by atoms with Crippen LogP contribution < -0.4 is 59.4 Å². The van der Waals surface area contributed by atoms with Gasteiger partial charge in [0.25, 0.3) is 0 Å². The van der Waals surface area contributed by atoms with Crippen LogP contribution in [-0.4, -0.2) is 0 Å². The van der Waals surface area contributed by atoms with Crippen molar-refractivity contribution in [2.24, 2.45) is 0 Å². The van der Waals surface area contributed by atoms with Crippen molar-refractivity contribution in [1.29, 1.82) is 0 Å². The van der Waals surface area contributed by atoms with Crippen molar-refractivity contribution in [1.82, 2.24) is 0 Å². The van der Waals surface area contributed by atoms with Crippen LogP contribution in [0.2, 0.25) is 0 Å². The zero-order valence-corrected chi connectivity index (χ0v) is 10.3. The third-order valence-electron chi connectivity index (χ3n) is 0. The first-order valence-electron chi connectivity index (χ1n) is 1.10. The molecule has 0 saturated carbocycles. The zero-order valence-electron chi connectivity index (χ0n) is 5.34. The average Bonchev–Trinajstić information content (AvgIpc) is 1.25. The standard InChI is InChI=1S/K.6O.2V/q+1;;;;;2*-1;;/p+1. The first kappa shape index (κ1) is 17.1. The van der Waals surface area contributed by atoms with E-state index in [1.807, 2.05) is 0 Å². The van der Waals surface area contributed by atoms with E-state index in [1.165, 1.54) is 0 Å². The van der Waals surface area contributed by atoms with E-state index in [0.717, 1.165) is 0 Å². The predicted molar refractivity (Wildman–Crippen MR) is 3.86 cm³/mol. The van der Waals surface area contributed by atoms with Crippen molar-refractivity contribution in [2.45, 2.75) is 0 Å². The van der Waals surface area contributed by atoms with Gasteiger partial charge in [0.15, 0.2) is 0 Å². The van der Waals surface area contributed by atoms with Crippen LogP contribution in [0.1, 0.15) is 1.43 Å². The minimum atomic E-state index is -3.94. The van der Waals surface area contributed by atoms with E-state index in [0.29, 0.717) is 0 Å². The quantitative estimate of drug-likeness (QED) is 0.388. The van der Waals surface area contributed by atoms with Gasteiger partial charge in [-0.25, -0.2) is 0 Å². The minimum absolute atomic E-state index is 0. The summed E-state index contributed by atoms with van der Waals surface area (Å²) in [5.41, 5.74) is 0. The van der Waals surface area contributed by atoms with Crippen LogP contribution in [-0.2, 0) is 45.5 Å². The summed E-state index contributed by atoms with van der Waals surface area (Å²) < 4.78 is 51.4. The average molecular weight is 238 g/mol. The molecule has 0 N–H and O–H groups in total. The van der Waals surface area contributed by atoms with E-state index in [2.05, 4.69) is 0 Å². The summed E-state index contributed by atoms with van der Waals surface area (Å²) in [6.45, 7) is 0. The molecular weight excluding hydrogens is 237 g/mol. The Hall–Kier alpha value is 1.93. The van der Waals surface area contributed by atoms with Crippen molar-refractivity contribution < 1.29 is 106 Å². The van der Waals surface area contributed by atoms with E-state index in [-0.39, 0.29) is 52.8 Å². The monoisotopic (exact) mass is 238 g/mol. The summed E-state index contributed by atoms with van der Waals surface area (Å²) >= 11 is -7.88. The third kappa shape index (κ3) is 168. The molecule has 0 bridgehead atoms. The fourth-order valence-electron chi connectivity index (χ4n) is 0. The van der Waals surface area contributed by atoms with E-state index in [9.17, 15) is 0 Å². The van der Waals surface area contributed by atoms with Crippen LogP contribution in [0.5, 0.6) is 0 Å². The maximum atomic E-state index is 8.56. The van der Waals surface area contributed by atoms with E-state index in [4.69, 9.17) is 22.8 Å². The molecule has 48 valence electrons. The van der Waals surface area contributed by atoms with Crippen LogP contribution in [0, 0.1) is 0 Å². The third-order valence-corrected chi connectivity index (χ3v) is 0. The molecule has 0 aliphatic rings. The Kier molecular flexibility index (Phi) is 24.0. The van der Waals surface area contributed by atoms with Gasteiger partial charge in [0.1, 0.15) is 0 Å². The molecule has 0 aromatic carbocycles. The first-order chi connectivity index (χ1) is 3.46. The molecule has 0 saturated heterocycles. The second-order valence-electron chi connectivity index (χ2n) is 0.447. The first-order valence-corrected chi connectivity index (χ1v) is 4.52. The molecule has 9 heavy (non-hydrogen) atoms. The fourth-order valence-corrected chi connectivity index (χ4v) is 0. The van der Waals surface area contributed by atoms with Gasteiger partial charge in [-0.15, -0.1) is 0 Å². The predicted octanol–water partition coefficient (Wildman–Crippen LogP) is -5.74. The molecule has 0 aromatic rings. The number of rotatable bonds is 0. The molecule has 0 radical (unpaired) electrons. The van der Waals surface area contributed by atoms with Crippen molar-refractivity contribution in [3.63, 3.8) is 0 Å². The van der Waals surface area contributed by atoms with Gasteiger partial charge in [-0.05, 0) is 0 Å². The SMILES string of the molecule is [H+].[K+].[O]=[V](=[O])[O-].[O]=[V](=[O])[O-]. The normalized spacial score (nSPS) is 5.56. The Morgan fingerprint density at radius 3 is 0.889 bits per heavy atom. The maximum absolute atomic E-state index is 8.56. The van der Waals surface area contributed by atoms with Crippen LogP contribution in [0.3, 0.4) is 0 Å². The van der Waals surface area contributed by atoms with Crippen LogP contribution in [0.25, 0.3) is 0 Å². The summed E-state index contributed by atoms with van der Waals surface area (Å²) in [7, 11) is 0. The molecule has 0 fully saturated rings. The second-order valence-corrected chi connectivity index (χ2v) is 1.84. The molecule has 9 heteroatoms. The molecule has 0 aromatic heterocycles.